The molecule has 10 heavy (non-hydrogen) atoms. The number of rotatable bonds is 1. The van der Waals surface area contributed by atoms with Crippen LogP contribution in [0.2, 0.25) is 0 Å². The van der Waals surface area contributed by atoms with Crippen molar-refractivity contribution in [3.05, 3.63) is 47.0 Å². The molecule has 0 bridgehead atoms. The molecule has 1 rings (SSSR count). The molecule has 0 spiro atoms. The fraction of sp³-hybridized carbons (Fsp3) is 0.111. The minimum Gasteiger partial charge on any atom is -0.0991 e. The van der Waals surface area contributed by atoms with Crippen molar-refractivity contribution in [1.29, 1.82) is 0 Å². The van der Waals surface area contributed by atoms with Gasteiger partial charge < -0.3 is 0 Å². The van der Waals surface area contributed by atoms with Gasteiger partial charge in [0, 0.05) is 4.48 Å². The van der Waals surface area contributed by atoms with Crippen molar-refractivity contribution in [2.24, 2.45) is 0 Å². The molecular weight excluding hydrogens is 188 g/mol. The number of halogens is 1. The molecule has 0 nitrogen and oxygen atoms in total. The maximum Gasteiger partial charge on any atom is 0.0138 e. The molecule has 0 amide bonds. The van der Waals surface area contributed by atoms with Crippen LogP contribution in [-0.4, -0.2) is 0 Å². The molecule has 0 aromatic carbocycles. The maximum absolute atomic E-state index is 3.63. The second-order valence-electron chi connectivity index (χ2n) is 2.10. The van der Waals surface area contributed by atoms with Crippen LogP contribution in [0.4, 0.5) is 0 Å². The van der Waals surface area contributed by atoms with Crippen molar-refractivity contribution in [1.82, 2.24) is 0 Å². The molecule has 0 fully saturated rings. The quantitative estimate of drug-likeness (QED) is 0.604. The van der Waals surface area contributed by atoms with Gasteiger partial charge in [0.15, 0.2) is 0 Å². The Bertz CT molecular complexity index is 219. The summed E-state index contributed by atoms with van der Waals surface area (Å²) in [5.41, 5.74) is 1.30. The largest absolute Gasteiger partial charge is 0.0991 e. The molecule has 0 aliphatic heterocycles. The highest BCUT2D eigenvalue weighted by Crippen LogP contribution is 2.18. The first-order valence-corrected chi connectivity index (χ1v) is 3.97. The predicted octanol–water partition coefficient (Wildman–Crippen LogP) is 3.34. The van der Waals surface area contributed by atoms with Gasteiger partial charge in [0.1, 0.15) is 0 Å². The summed E-state index contributed by atoms with van der Waals surface area (Å²) in [6.45, 7) is 3.63. The van der Waals surface area contributed by atoms with E-state index >= 15 is 0 Å². The van der Waals surface area contributed by atoms with E-state index in [2.05, 4.69) is 34.7 Å². The summed E-state index contributed by atoms with van der Waals surface area (Å²) in [5.74, 6) is 0. The fourth-order valence-electron chi connectivity index (χ4n) is 0.813. The zero-order chi connectivity index (χ0) is 7.40. The van der Waals surface area contributed by atoms with Gasteiger partial charge in [0.2, 0.25) is 0 Å². The number of hydrogen-bond acceptors (Lipinski definition) is 0. The van der Waals surface area contributed by atoms with Gasteiger partial charge in [0.05, 0.1) is 0 Å². The molecule has 0 unspecified atom stereocenters. The van der Waals surface area contributed by atoms with Gasteiger partial charge in [0.25, 0.3) is 0 Å². The molecule has 1 aliphatic carbocycles. The van der Waals surface area contributed by atoms with E-state index in [1.54, 1.807) is 0 Å². The monoisotopic (exact) mass is 196 g/mol. The summed E-state index contributed by atoms with van der Waals surface area (Å²) < 4.78 is 1.16. The van der Waals surface area contributed by atoms with Crippen LogP contribution in [0.15, 0.2) is 47.0 Å². The van der Waals surface area contributed by atoms with Crippen molar-refractivity contribution in [3.8, 4) is 0 Å². The molecule has 0 saturated carbocycles. The highest BCUT2D eigenvalue weighted by Gasteiger charge is 1.95. The molecular formula is C9H9Br. The molecule has 0 aromatic rings. The Kier molecular flexibility index (Phi) is 2.69. The molecule has 0 N–H and O–H groups in total. The zero-order valence-corrected chi connectivity index (χ0v) is 7.26. The van der Waals surface area contributed by atoms with Crippen LogP contribution in [-0.2, 0) is 0 Å². The molecule has 1 aliphatic rings. The van der Waals surface area contributed by atoms with Gasteiger partial charge in [-0.2, -0.15) is 0 Å². The summed E-state index contributed by atoms with van der Waals surface area (Å²) in [4.78, 5) is 0. The number of allylic oxidation sites excluding steroid dienone is 7. The van der Waals surface area contributed by atoms with E-state index in [0.717, 1.165) is 10.9 Å². The van der Waals surface area contributed by atoms with Crippen LogP contribution in [0.1, 0.15) is 6.42 Å². The summed E-state index contributed by atoms with van der Waals surface area (Å²) in [6, 6.07) is 0. The van der Waals surface area contributed by atoms with Gasteiger partial charge >= 0.3 is 0 Å². The van der Waals surface area contributed by atoms with E-state index in [0.29, 0.717) is 0 Å². The first-order chi connectivity index (χ1) is 4.83. The summed E-state index contributed by atoms with van der Waals surface area (Å²) in [6.07, 6.45) is 11.1. The first kappa shape index (κ1) is 7.55. The molecule has 0 saturated heterocycles. The lowest BCUT2D eigenvalue weighted by molar-refractivity contribution is 1.26. The lowest BCUT2D eigenvalue weighted by atomic mass is 10.1. The third-order valence-corrected chi connectivity index (χ3v) is 1.91. The summed E-state index contributed by atoms with van der Waals surface area (Å²) >= 11 is 3.39. The Morgan fingerprint density at radius 2 is 2.30 bits per heavy atom. The van der Waals surface area contributed by atoms with Crippen LogP contribution >= 0.6 is 15.9 Å². The second-order valence-corrected chi connectivity index (χ2v) is 3.02. The van der Waals surface area contributed by atoms with E-state index < -0.39 is 0 Å². The normalized spacial score (nSPS) is 20.9. The lowest BCUT2D eigenvalue weighted by Gasteiger charge is -2.01. The molecule has 0 atom stereocenters. The van der Waals surface area contributed by atoms with Crippen LogP contribution in [0, 0.1) is 0 Å². The van der Waals surface area contributed by atoms with Gasteiger partial charge in [-0.3, -0.25) is 0 Å². The first-order valence-electron chi connectivity index (χ1n) is 3.18. The van der Waals surface area contributed by atoms with Crippen molar-refractivity contribution in [2.75, 3.05) is 0 Å². The Morgan fingerprint density at radius 3 is 2.80 bits per heavy atom. The molecule has 0 aromatic heterocycles. The highest BCUT2D eigenvalue weighted by molar-refractivity contribution is 9.11. The molecule has 1 heteroatoms. The fourth-order valence-corrected chi connectivity index (χ4v) is 1.11. The van der Waals surface area contributed by atoms with Crippen LogP contribution in [0.5, 0.6) is 0 Å². The SMILES string of the molecule is C=C/C=C1/C=CC(Br)=CC1. The second kappa shape index (κ2) is 3.57. The van der Waals surface area contributed by atoms with Crippen molar-refractivity contribution in [3.63, 3.8) is 0 Å². The zero-order valence-electron chi connectivity index (χ0n) is 5.68. The minimum absolute atomic E-state index is 1.00. The van der Waals surface area contributed by atoms with Gasteiger partial charge in [-0.05, 0) is 18.1 Å². The smallest absolute Gasteiger partial charge is 0.0138 e. The van der Waals surface area contributed by atoms with Crippen molar-refractivity contribution in [2.45, 2.75) is 6.42 Å². The standard InChI is InChI=1S/C9H9Br/c1-2-3-8-4-6-9(10)7-5-8/h2-4,6-7H,1,5H2/b8-3-. The average Bonchev–Trinajstić information content (AvgIpc) is 1.95. The van der Waals surface area contributed by atoms with Crippen molar-refractivity contribution < 1.29 is 0 Å². The van der Waals surface area contributed by atoms with Crippen LogP contribution < -0.4 is 0 Å². The summed E-state index contributed by atoms with van der Waals surface area (Å²) in [5, 5.41) is 0. The lowest BCUT2D eigenvalue weighted by Crippen LogP contribution is -1.81. The predicted molar refractivity (Wildman–Crippen MR) is 49.0 cm³/mol. The molecule has 0 radical (unpaired) electrons. The topological polar surface area (TPSA) is 0 Å². The van der Waals surface area contributed by atoms with Gasteiger partial charge in [-0.1, -0.05) is 46.8 Å². The number of hydrogen-bond donors (Lipinski definition) is 0. The molecule has 52 valence electrons. The summed E-state index contributed by atoms with van der Waals surface area (Å²) in [7, 11) is 0. The van der Waals surface area contributed by atoms with Gasteiger partial charge in [-0.15, -0.1) is 0 Å². The van der Waals surface area contributed by atoms with E-state index in [4.69, 9.17) is 0 Å². The van der Waals surface area contributed by atoms with Crippen LogP contribution in [0.3, 0.4) is 0 Å². The van der Waals surface area contributed by atoms with Gasteiger partial charge in [-0.25, -0.2) is 0 Å². The van der Waals surface area contributed by atoms with Crippen molar-refractivity contribution >= 4 is 15.9 Å². The Morgan fingerprint density at radius 1 is 1.50 bits per heavy atom. The third-order valence-electron chi connectivity index (χ3n) is 1.32. The van der Waals surface area contributed by atoms with E-state index in [9.17, 15) is 0 Å². The Labute approximate surface area is 69.8 Å². The third kappa shape index (κ3) is 1.99. The average molecular weight is 197 g/mol. The highest BCUT2D eigenvalue weighted by atomic mass is 79.9. The Hall–Kier alpha value is -0.560. The Balaban J connectivity index is 2.69. The minimum atomic E-state index is 1.00. The van der Waals surface area contributed by atoms with E-state index in [1.807, 2.05) is 18.2 Å². The van der Waals surface area contributed by atoms with Crippen LogP contribution in [0.25, 0.3) is 0 Å². The molecule has 0 heterocycles. The van der Waals surface area contributed by atoms with E-state index in [1.165, 1.54) is 5.57 Å². The van der Waals surface area contributed by atoms with E-state index in [-0.39, 0.29) is 0 Å². The maximum atomic E-state index is 3.63.